The number of hydrogen-bond acceptors (Lipinski definition) is 2. The molecule has 0 saturated heterocycles. The Hall–Kier alpha value is -2.95. The van der Waals surface area contributed by atoms with E-state index in [0.29, 0.717) is 28.3 Å². The lowest BCUT2D eigenvalue weighted by molar-refractivity contribution is -0.137. The van der Waals surface area contributed by atoms with Gasteiger partial charge in [-0.1, -0.05) is 24.3 Å². The van der Waals surface area contributed by atoms with Crippen LogP contribution < -0.4 is 10.5 Å². The first-order chi connectivity index (χ1) is 11.4. The van der Waals surface area contributed by atoms with Crippen molar-refractivity contribution in [3.8, 4) is 22.6 Å². The Balaban J connectivity index is 1.80. The molecule has 0 heterocycles. The summed E-state index contributed by atoms with van der Waals surface area (Å²) in [6, 6.07) is 19.1. The van der Waals surface area contributed by atoms with Gasteiger partial charge >= 0.3 is 6.18 Å². The van der Waals surface area contributed by atoms with Gasteiger partial charge in [0.15, 0.2) is 0 Å². The lowest BCUT2D eigenvalue weighted by Crippen LogP contribution is -2.04. The molecule has 0 fully saturated rings. The van der Waals surface area contributed by atoms with Crippen LogP contribution in [-0.2, 0) is 6.18 Å². The van der Waals surface area contributed by atoms with E-state index in [2.05, 4.69) is 0 Å². The van der Waals surface area contributed by atoms with Crippen LogP contribution in [0.15, 0.2) is 72.8 Å². The van der Waals surface area contributed by atoms with E-state index in [0.717, 1.165) is 12.1 Å². The van der Waals surface area contributed by atoms with Crippen molar-refractivity contribution < 1.29 is 17.9 Å². The Kier molecular flexibility index (Phi) is 4.16. The summed E-state index contributed by atoms with van der Waals surface area (Å²) >= 11 is 0. The van der Waals surface area contributed by atoms with Crippen LogP contribution in [-0.4, -0.2) is 0 Å². The Morgan fingerprint density at radius 2 is 1.29 bits per heavy atom. The molecule has 0 bridgehead atoms. The van der Waals surface area contributed by atoms with Gasteiger partial charge in [-0.3, -0.25) is 0 Å². The highest BCUT2D eigenvalue weighted by Gasteiger charge is 2.30. The molecule has 0 unspecified atom stereocenters. The second-order valence-corrected chi connectivity index (χ2v) is 5.27. The van der Waals surface area contributed by atoms with E-state index in [1.54, 1.807) is 54.6 Å². The fraction of sp³-hybridized carbons (Fsp3) is 0.0526. The zero-order chi connectivity index (χ0) is 17.2. The maximum Gasteiger partial charge on any atom is 0.416 e. The fourth-order valence-electron chi connectivity index (χ4n) is 2.26. The van der Waals surface area contributed by atoms with Gasteiger partial charge in [-0.2, -0.15) is 13.2 Å². The van der Waals surface area contributed by atoms with Gasteiger partial charge in [0, 0.05) is 5.69 Å². The van der Waals surface area contributed by atoms with Gasteiger partial charge in [0.1, 0.15) is 11.5 Å². The minimum Gasteiger partial charge on any atom is -0.457 e. The normalized spacial score (nSPS) is 11.3. The molecule has 3 aromatic rings. The SMILES string of the molecule is Nc1ccc(Oc2ccc(-c3cccc(C(F)(F)F)c3)cc2)cc1. The third kappa shape index (κ3) is 3.68. The smallest absolute Gasteiger partial charge is 0.416 e. The predicted octanol–water partition coefficient (Wildman–Crippen LogP) is 5.75. The molecule has 0 amide bonds. The highest BCUT2D eigenvalue weighted by atomic mass is 19.4. The first kappa shape index (κ1) is 15.9. The Morgan fingerprint density at radius 1 is 0.708 bits per heavy atom. The van der Waals surface area contributed by atoms with Crippen molar-refractivity contribution in [3.63, 3.8) is 0 Å². The third-order valence-corrected chi connectivity index (χ3v) is 3.49. The number of hydrogen-bond donors (Lipinski definition) is 1. The van der Waals surface area contributed by atoms with E-state index < -0.39 is 11.7 Å². The molecule has 0 aliphatic carbocycles. The zero-order valence-electron chi connectivity index (χ0n) is 12.5. The van der Waals surface area contributed by atoms with Crippen LogP contribution in [0.4, 0.5) is 18.9 Å². The summed E-state index contributed by atoms with van der Waals surface area (Å²) in [6.07, 6.45) is -4.35. The second-order valence-electron chi connectivity index (χ2n) is 5.27. The summed E-state index contributed by atoms with van der Waals surface area (Å²) in [4.78, 5) is 0. The first-order valence-electron chi connectivity index (χ1n) is 7.23. The minimum atomic E-state index is -4.35. The number of rotatable bonds is 3. The summed E-state index contributed by atoms with van der Waals surface area (Å²) in [6.45, 7) is 0. The summed E-state index contributed by atoms with van der Waals surface area (Å²) in [5, 5.41) is 0. The molecular weight excluding hydrogens is 315 g/mol. The average molecular weight is 329 g/mol. The second kappa shape index (κ2) is 6.28. The molecule has 122 valence electrons. The summed E-state index contributed by atoms with van der Waals surface area (Å²) in [5.74, 6) is 1.23. The Bertz CT molecular complexity index is 824. The third-order valence-electron chi connectivity index (χ3n) is 3.49. The molecule has 3 aromatic carbocycles. The van der Waals surface area contributed by atoms with Crippen LogP contribution in [0.1, 0.15) is 5.56 Å². The quantitative estimate of drug-likeness (QED) is 0.621. The van der Waals surface area contributed by atoms with Crippen LogP contribution in [0.2, 0.25) is 0 Å². The van der Waals surface area contributed by atoms with Crippen molar-refractivity contribution in [2.24, 2.45) is 0 Å². The largest absolute Gasteiger partial charge is 0.457 e. The molecule has 24 heavy (non-hydrogen) atoms. The number of anilines is 1. The van der Waals surface area contributed by atoms with Gasteiger partial charge < -0.3 is 10.5 Å². The molecule has 0 aromatic heterocycles. The van der Waals surface area contributed by atoms with Crippen LogP contribution in [0.5, 0.6) is 11.5 Å². The van der Waals surface area contributed by atoms with Gasteiger partial charge in [0.25, 0.3) is 0 Å². The van der Waals surface area contributed by atoms with Crippen molar-refractivity contribution in [1.29, 1.82) is 0 Å². The number of benzene rings is 3. The standard InChI is InChI=1S/C19H14F3NO/c20-19(21,22)15-3-1-2-14(12-15)13-4-8-17(9-5-13)24-18-10-6-16(23)7-11-18/h1-12H,23H2. The molecule has 2 nitrogen and oxygen atoms in total. The maximum atomic E-state index is 12.8. The molecule has 0 atom stereocenters. The zero-order valence-corrected chi connectivity index (χ0v) is 12.5. The minimum absolute atomic E-state index is 0.504. The van der Waals surface area contributed by atoms with Gasteiger partial charge in [0.05, 0.1) is 5.56 Å². The van der Waals surface area contributed by atoms with E-state index in [1.165, 1.54) is 6.07 Å². The van der Waals surface area contributed by atoms with Crippen LogP contribution in [0.3, 0.4) is 0 Å². The monoisotopic (exact) mass is 329 g/mol. The molecule has 0 aliphatic heterocycles. The van der Waals surface area contributed by atoms with E-state index in [9.17, 15) is 13.2 Å². The highest BCUT2D eigenvalue weighted by molar-refractivity contribution is 5.65. The molecule has 0 aliphatic rings. The van der Waals surface area contributed by atoms with E-state index >= 15 is 0 Å². The molecule has 0 radical (unpaired) electrons. The highest BCUT2D eigenvalue weighted by Crippen LogP contribution is 2.33. The molecule has 5 heteroatoms. The van der Waals surface area contributed by atoms with Gasteiger partial charge in [0.2, 0.25) is 0 Å². The summed E-state index contributed by atoms with van der Waals surface area (Å²) in [5.41, 5.74) is 6.78. The molecule has 0 spiro atoms. The number of halogens is 3. The van der Waals surface area contributed by atoms with Crippen LogP contribution in [0.25, 0.3) is 11.1 Å². The Labute approximate surface area is 137 Å². The van der Waals surface area contributed by atoms with Crippen LogP contribution in [0, 0.1) is 0 Å². The number of ether oxygens (including phenoxy) is 1. The number of nitrogens with two attached hydrogens (primary N) is 1. The van der Waals surface area contributed by atoms with Crippen molar-refractivity contribution in [2.75, 3.05) is 5.73 Å². The topological polar surface area (TPSA) is 35.2 Å². The molecule has 3 rings (SSSR count). The predicted molar refractivity (Wildman–Crippen MR) is 87.8 cm³/mol. The van der Waals surface area contributed by atoms with Gasteiger partial charge in [-0.05, 0) is 59.7 Å². The van der Waals surface area contributed by atoms with E-state index in [1.807, 2.05) is 0 Å². The van der Waals surface area contributed by atoms with E-state index in [-0.39, 0.29) is 0 Å². The lowest BCUT2D eigenvalue weighted by Gasteiger charge is -2.10. The van der Waals surface area contributed by atoms with Crippen LogP contribution >= 0.6 is 0 Å². The summed E-state index contributed by atoms with van der Waals surface area (Å²) in [7, 11) is 0. The van der Waals surface area contributed by atoms with Crippen molar-refractivity contribution >= 4 is 5.69 Å². The summed E-state index contributed by atoms with van der Waals surface area (Å²) < 4.78 is 44.0. The maximum absolute atomic E-state index is 12.8. The molecular formula is C19H14F3NO. The van der Waals surface area contributed by atoms with E-state index in [4.69, 9.17) is 10.5 Å². The number of alkyl halides is 3. The first-order valence-corrected chi connectivity index (χ1v) is 7.23. The van der Waals surface area contributed by atoms with Crippen molar-refractivity contribution in [1.82, 2.24) is 0 Å². The Morgan fingerprint density at radius 3 is 1.88 bits per heavy atom. The van der Waals surface area contributed by atoms with Gasteiger partial charge in [-0.15, -0.1) is 0 Å². The van der Waals surface area contributed by atoms with Crippen molar-refractivity contribution in [3.05, 3.63) is 78.4 Å². The molecule has 0 saturated carbocycles. The van der Waals surface area contributed by atoms with Gasteiger partial charge in [-0.25, -0.2) is 0 Å². The fourth-order valence-corrected chi connectivity index (χ4v) is 2.26. The van der Waals surface area contributed by atoms with Crippen molar-refractivity contribution in [2.45, 2.75) is 6.18 Å². The number of nitrogen functional groups attached to an aromatic ring is 1. The average Bonchev–Trinajstić information content (AvgIpc) is 2.57. The lowest BCUT2D eigenvalue weighted by atomic mass is 10.0. The molecule has 2 N–H and O–H groups in total.